The van der Waals surface area contributed by atoms with Crippen LogP contribution in [0.5, 0.6) is 0 Å². The Balaban J connectivity index is 1.96. The van der Waals surface area contributed by atoms with Gasteiger partial charge in [0.2, 0.25) is 5.91 Å². The number of alkyl halides is 3. The molecule has 0 bridgehead atoms. The molecule has 1 aliphatic rings. The van der Waals surface area contributed by atoms with Gasteiger partial charge in [0.05, 0.1) is 11.6 Å². The number of carbonyl (C=O) groups is 2. The standard InChI is InChI=1S/C16H21F3N4O2/c1-10(2)13(20)15(25)23-7-5-22(6-8-23)14(24)11-3-4-12(21-9-11)16(17,18)19/h3-4,9-10,13H,5-8,20H2,1-2H3/t13-/m0/s1. The Morgan fingerprint density at radius 2 is 1.68 bits per heavy atom. The van der Waals surface area contributed by atoms with Crippen molar-refractivity contribution >= 4 is 11.8 Å². The smallest absolute Gasteiger partial charge is 0.338 e. The molecular weight excluding hydrogens is 337 g/mol. The summed E-state index contributed by atoms with van der Waals surface area (Å²) in [6.45, 7) is 5.02. The second-order valence-corrected chi connectivity index (χ2v) is 6.32. The van der Waals surface area contributed by atoms with Crippen LogP contribution >= 0.6 is 0 Å². The average molecular weight is 358 g/mol. The minimum atomic E-state index is -4.54. The quantitative estimate of drug-likeness (QED) is 0.885. The maximum atomic E-state index is 12.5. The van der Waals surface area contributed by atoms with Crippen molar-refractivity contribution < 1.29 is 22.8 Å². The monoisotopic (exact) mass is 358 g/mol. The van der Waals surface area contributed by atoms with Crippen LogP contribution in [0.1, 0.15) is 29.9 Å². The maximum absolute atomic E-state index is 12.5. The van der Waals surface area contributed by atoms with Gasteiger partial charge in [-0.05, 0) is 18.1 Å². The maximum Gasteiger partial charge on any atom is 0.433 e. The lowest BCUT2D eigenvalue weighted by Gasteiger charge is -2.36. The molecule has 2 amide bonds. The summed E-state index contributed by atoms with van der Waals surface area (Å²) in [6.07, 6.45) is -3.61. The molecule has 0 aromatic carbocycles. The second-order valence-electron chi connectivity index (χ2n) is 6.32. The van der Waals surface area contributed by atoms with E-state index in [0.29, 0.717) is 26.2 Å². The third-order valence-electron chi connectivity index (χ3n) is 4.18. The van der Waals surface area contributed by atoms with Crippen LogP contribution < -0.4 is 5.73 Å². The average Bonchev–Trinajstić information content (AvgIpc) is 2.59. The van der Waals surface area contributed by atoms with Gasteiger partial charge in [0.15, 0.2) is 0 Å². The molecule has 6 nitrogen and oxygen atoms in total. The van der Waals surface area contributed by atoms with Crippen molar-refractivity contribution in [2.75, 3.05) is 26.2 Å². The van der Waals surface area contributed by atoms with Gasteiger partial charge in [0, 0.05) is 32.4 Å². The molecule has 1 aromatic rings. The predicted octanol–water partition coefficient (Wildman–Crippen LogP) is 1.37. The molecule has 2 N–H and O–H groups in total. The van der Waals surface area contributed by atoms with E-state index in [1.54, 1.807) is 4.90 Å². The lowest BCUT2D eigenvalue weighted by atomic mass is 10.0. The normalized spacial score (nSPS) is 16.9. The van der Waals surface area contributed by atoms with E-state index in [0.717, 1.165) is 18.3 Å². The lowest BCUT2D eigenvalue weighted by molar-refractivity contribution is -0.141. The van der Waals surface area contributed by atoms with Gasteiger partial charge in [0.1, 0.15) is 5.69 Å². The fourth-order valence-corrected chi connectivity index (χ4v) is 2.50. The van der Waals surface area contributed by atoms with E-state index in [1.165, 1.54) is 4.90 Å². The highest BCUT2D eigenvalue weighted by Crippen LogP contribution is 2.27. The predicted molar refractivity (Wildman–Crippen MR) is 84.5 cm³/mol. The number of pyridine rings is 1. The third kappa shape index (κ3) is 4.47. The minimum Gasteiger partial charge on any atom is -0.338 e. The Morgan fingerprint density at radius 1 is 1.12 bits per heavy atom. The van der Waals surface area contributed by atoms with Gasteiger partial charge in [-0.25, -0.2) is 0 Å². The number of amides is 2. The van der Waals surface area contributed by atoms with Crippen LogP contribution in [-0.4, -0.2) is 58.8 Å². The second kappa shape index (κ2) is 7.38. The topological polar surface area (TPSA) is 79.5 Å². The van der Waals surface area contributed by atoms with Crippen molar-refractivity contribution in [3.05, 3.63) is 29.6 Å². The van der Waals surface area contributed by atoms with Crippen molar-refractivity contribution in [3.8, 4) is 0 Å². The Morgan fingerprint density at radius 3 is 2.12 bits per heavy atom. The third-order valence-corrected chi connectivity index (χ3v) is 4.18. The zero-order chi connectivity index (χ0) is 18.8. The zero-order valence-corrected chi connectivity index (χ0v) is 14.1. The molecule has 1 aliphatic heterocycles. The first kappa shape index (κ1) is 19.2. The van der Waals surface area contributed by atoms with E-state index < -0.39 is 23.8 Å². The fourth-order valence-electron chi connectivity index (χ4n) is 2.50. The van der Waals surface area contributed by atoms with Gasteiger partial charge in [0.25, 0.3) is 5.91 Å². The molecule has 1 fully saturated rings. The Bertz CT molecular complexity index is 623. The van der Waals surface area contributed by atoms with Crippen LogP contribution in [-0.2, 0) is 11.0 Å². The molecule has 9 heteroatoms. The summed E-state index contributed by atoms with van der Waals surface area (Å²) < 4.78 is 37.5. The summed E-state index contributed by atoms with van der Waals surface area (Å²) in [5.41, 5.74) is 4.90. The van der Waals surface area contributed by atoms with E-state index >= 15 is 0 Å². The Kier molecular flexibility index (Phi) is 5.66. The largest absolute Gasteiger partial charge is 0.433 e. The summed E-state index contributed by atoms with van der Waals surface area (Å²) in [5.74, 6) is -0.537. The molecule has 0 spiro atoms. The number of halogens is 3. The van der Waals surface area contributed by atoms with Crippen molar-refractivity contribution in [1.82, 2.24) is 14.8 Å². The highest BCUT2D eigenvalue weighted by Gasteiger charge is 2.33. The van der Waals surface area contributed by atoms with Gasteiger partial charge < -0.3 is 15.5 Å². The van der Waals surface area contributed by atoms with Gasteiger partial charge in [-0.2, -0.15) is 13.2 Å². The van der Waals surface area contributed by atoms with E-state index in [1.807, 2.05) is 13.8 Å². The molecule has 1 saturated heterocycles. The van der Waals surface area contributed by atoms with Crippen molar-refractivity contribution in [3.63, 3.8) is 0 Å². The van der Waals surface area contributed by atoms with Gasteiger partial charge in [-0.15, -0.1) is 0 Å². The molecule has 1 aromatic heterocycles. The van der Waals surface area contributed by atoms with E-state index in [4.69, 9.17) is 5.73 Å². The first-order valence-electron chi connectivity index (χ1n) is 7.98. The molecule has 0 radical (unpaired) electrons. The number of nitrogens with two attached hydrogens (primary N) is 1. The number of hydrogen-bond acceptors (Lipinski definition) is 4. The van der Waals surface area contributed by atoms with Gasteiger partial charge >= 0.3 is 6.18 Å². The van der Waals surface area contributed by atoms with Crippen molar-refractivity contribution in [2.45, 2.75) is 26.1 Å². The van der Waals surface area contributed by atoms with Crippen LogP contribution in [0, 0.1) is 5.92 Å². The minimum absolute atomic E-state index is 0.0189. The summed E-state index contributed by atoms with van der Waals surface area (Å²) in [5, 5.41) is 0. The number of rotatable bonds is 3. The number of hydrogen-bond donors (Lipinski definition) is 1. The molecule has 2 rings (SSSR count). The fraction of sp³-hybridized carbons (Fsp3) is 0.562. The van der Waals surface area contributed by atoms with E-state index in [2.05, 4.69) is 4.98 Å². The van der Waals surface area contributed by atoms with E-state index in [-0.39, 0.29) is 17.4 Å². The summed E-state index contributed by atoms with van der Waals surface area (Å²) in [6, 6.07) is 1.32. The van der Waals surface area contributed by atoms with Crippen LogP contribution in [0.25, 0.3) is 0 Å². The molecule has 138 valence electrons. The SMILES string of the molecule is CC(C)[C@H](N)C(=O)N1CCN(C(=O)c2ccc(C(F)(F)F)nc2)CC1. The summed E-state index contributed by atoms with van der Waals surface area (Å²) >= 11 is 0. The molecule has 0 aliphatic carbocycles. The number of aromatic nitrogens is 1. The Labute approximate surface area is 143 Å². The lowest BCUT2D eigenvalue weighted by Crippen LogP contribution is -2.55. The van der Waals surface area contributed by atoms with E-state index in [9.17, 15) is 22.8 Å². The first-order chi connectivity index (χ1) is 11.6. The van der Waals surface area contributed by atoms with Gasteiger partial charge in [-0.1, -0.05) is 13.8 Å². The highest BCUT2D eigenvalue weighted by atomic mass is 19.4. The van der Waals surface area contributed by atoms with Crippen LogP contribution in [0.2, 0.25) is 0 Å². The first-order valence-corrected chi connectivity index (χ1v) is 7.98. The Hall–Kier alpha value is -2.16. The molecule has 0 saturated carbocycles. The van der Waals surface area contributed by atoms with Crippen LogP contribution in [0.15, 0.2) is 18.3 Å². The van der Waals surface area contributed by atoms with Crippen molar-refractivity contribution in [1.29, 1.82) is 0 Å². The molecule has 2 heterocycles. The van der Waals surface area contributed by atoms with Crippen LogP contribution in [0.3, 0.4) is 0 Å². The zero-order valence-electron chi connectivity index (χ0n) is 14.1. The summed E-state index contributed by atoms with van der Waals surface area (Å²) in [4.78, 5) is 31.0. The molecular formula is C16H21F3N4O2. The summed E-state index contributed by atoms with van der Waals surface area (Å²) in [7, 11) is 0. The molecule has 25 heavy (non-hydrogen) atoms. The van der Waals surface area contributed by atoms with Crippen molar-refractivity contribution in [2.24, 2.45) is 11.7 Å². The van der Waals surface area contributed by atoms with Crippen LogP contribution in [0.4, 0.5) is 13.2 Å². The number of piperazine rings is 1. The number of nitrogens with zero attached hydrogens (tertiary/aromatic N) is 3. The van der Waals surface area contributed by atoms with Gasteiger partial charge in [-0.3, -0.25) is 14.6 Å². The molecule has 0 unspecified atom stereocenters. The molecule has 1 atom stereocenters. The number of carbonyl (C=O) groups excluding carboxylic acids is 2. The highest BCUT2D eigenvalue weighted by molar-refractivity contribution is 5.94.